The van der Waals surface area contributed by atoms with Crippen LogP contribution >= 0.6 is 0 Å². The lowest BCUT2D eigenvalue weighted by atomic mass is 10.1. The molecule has 3 rings (SSSR count). The molecule has 0 aromatic heterocycles. The van der Waals surface area contributed by atoms with E-state index in [4.69, 9.17) is 15.2 Å². The maximum atomic E-state index is 6.20. The van der Waals surface area contributed by atoms with Gasteiger partial charge in [-0.25, -0.2) is 0 Å². The van der Waals surface area contributed by atoms with Crippen LogP contribution in [0, 0.1) is 0 Å². The van der Waals surface area contributed by atoms with E-state index in [9.17, 15) is 0 Å². The van der Waals surface area contributed by atoms with Gasteiger partial charge in [-0.15, -0.1) is 0 Å². The van der Waals surface area contributed by atoms with E-state index in [1.54, 1.807) is 0 Å². The van der Waals surface area contributed by atoms with Crippen LogP contribution in [0.15, 0.2) is 54.6 Å². The molecule has 1 aliphatic carbocycles. The number of nitrogens with two attached hydrogens (primary N) is 1. The fourth-order valence-electron chi connectivity index (χ4n) is 2.16. The lowest BCUT2D eigenvalue weighted by Gasteiger charge is -2.13. The Morgan fingerprint density at radius 3 is 2.33 bits per heavy atom. The van der Waals surface area contributed by atoms with Gasteiger partial charge in [-0.2, -0.15) is 0 Å². The van der Waals surface area contributed by atoms with Crippen molar-refractivity contribution in [1.82, 2.24) is 0 Å². The number of benzene rings is 2. The van der Waals surface area contributed by atoms with Crippen molar-refractivity contribution in [2.24, 2.45) is 5.73 Å². The molecule has 1 atom stereocenters. The highest BCUT2D eigenvalue weighted by atomic mass is 16.5. The van der Waals surface area contributed by atoms with Crippen LogP contribution in [0.3, 0.4) is 0 Å². The third kappa shape index (κ3) is 4.23. The Bertz CT molecular complexity index is 549. The van der Waals surface area contributed by atoms with E-state index in [0.717, 1.165) is 23.5 Å². The van der Waals surface area contributed by atoms with Gasteiger partial charge in [-0.3, -0.25) is 0 Å². The molecule has 1 unspecified atom stereocenters. The van der Waals surface area contributed by atoms with Gasteiger partial charge in [0.05, 0.1) is 12.7 Å². The molecular weight excluding hydrogens is 262 g/mol. The molecule has 2 aromatic carbocycles. The summed E-state index contributed by atoms with van der Waals surface area (Å²) in [6.07, 6.45) is 3.58. The van der Waals surface area contributed by atoms with Gasteiger partial charge in [-0.05, 0) is 42.7 Å². The first-order chi connectivity index (χ1) is 10.3. The first kappa shape index (κ1) is 14.0. The second-order valence-corrected chi connectivity index (χ2v) is 5.44. The van der Waals surface area contributed by atoms with E-state index < -0.39 is 0 Å². The lowest BCUT2D eigenvalue weighted by molar-refractivity contribution is 0.297. The molecule has 0 radical (unpaired) electrons. The van der Waals surface area contributed by atoms with Crippen molar-refractivity contribution in [3.05, 3.63) is 60.2 Å². The van der Waals surface area contributed by atoms with E-state index in [-0.39, 0.29) is 6.04 Å². The molecule has 0 bridgehead atoms. The van der Waals surface area contributed by atoms with Crippen molar-refractivity contribution in [2.45, 2.75) is 31.4 Å². The smallest absolute Gasteiger partial charge is 0.119 e. The molecule has 0 spiro atoms. The largest absolute Gasteiger partial charge is 0.494 e. The van der Waals surface area contributed by atoms with Gasteiger partial charge in [0.2, 0.25) is 0 Å². The summed E-state index contributed by atoms with van der Waals surface area (Å²) in [5, 5.41) is 0. The van der Waals surface area contributed by atoms with E-state index in [2.05, 4.69) is 0 Å². The third-order valence-electron chi connectivity index (χ3n) is 3.58. The first-order valence-electron chi connectivity index (χ1n) is 7.51. The molecule has 2 aromatic rings. The zero-order chi connectivity index (χ0) is 14.5. The van der Waals surface area contributed by atoms with Crippen molar-refractivity contribution >= 4 is 0 Å². The first-order valence-corrected chi connectivity index (χ1v) is 7.51. The summed E-state index contributed by atoms with van der Waals surface area (Å²) in [5.74, 6) is 1.83. The van der Waals surface area contributed by atoms with Gasteiger partial charge in [-0.1, -0.05) is 30.3 Å². The molecule has 0 saturated heterocycles. The second kappa shape index (κ2) is 6.64. The number of rotatable bonds is 7. The minimum absolute atomic E-state index is 0.0105. The lowest BCUT2D eigenvalue weighted by Crippen LogP contribution is -2.14. The topological polar surface area (TPSA) is 44.5 Å². The van der Waals surface area contributed by atoms with Crippen LogP contribution in [0.2, 0.25) is 0 Å². The molecule has 1 saturated carbocycles. The van der Waals surface area contributed by atoms with Crippen LogP contribution in [-0.4, -0.2) is 12.7 Å². The van der Waals surface area contributed by atoms with E-state index in [0.29, 0.717) is 12.7 Å². The van der Waals surface area contributed by atoms with E-state index >= 15 is 0 Å². The zero-order valence-electron chi connectivity index (χ0n) is 12.1. The summed E-state index contributed by atoms with van der Waals surface area (Å²) in [7, 11) is 0. The normalized spacial score (nSPS) is 15.5. The van der Waals surface area contributed by atoms with Crippen LogP contribution in [0.1, 0.15) is 30.9 Å². The third-order valence-corrected chi connectivity index (χ3v) is 3.58. The Balaban J connectivity index is 1.46. The predicted molar refractivity (Wildman–Crippen MR) is 83.6 cm³/mol. The summed E-state index contributed by atoms with van der Waals surface area (Å²) in [6, 6.07) is 17.9. The average molecular weight is 283 g/mol. The van der Waals surface area contributed by atoms with Crippen molar-refractivity contribution in [3.8, 4) is 11.5 Å². The Hall–Kier alpha value is -2.00. The molecule has 3 nitrogen and oxygen atoms in total. The SMILES string of the molecule is NC(CCOc1ccccc1)c1ccc(OC2CC2)cc1. The molecule has 21 heavy (non-hydrogen) atoms. The number of ether oxygens (including phenoxy) is 2. The predicted octanol–water partition coefficient (Wildman–Crippen LogP) is 3.70. The number of para-hydroxylation sites is 1. The van der Waals surface area contributed by atoms with Gasteiger partial charge >= 0.3 is 0 Å². The minimum Gasteiger partial charge on any atom is -0.494 e. The van der Waals surface area contributed by atoms with Crippen LogP contribution in [-0.2, 0) is 0 Å². The molecule has 0 amide bonds. The molecule has 3 heteroatoms. The Labute approximate surface area is 125 Å². The highest BCUT2D eigenvalue weighted by molar-refractivity contribution is 5.29. The molecule has 0 heterocycles. The number of hydrogen-bond donors (Lipinski definition) is 1. The Kier molecular flexibility index (Phi) is 4.41. The van der Waals surface area contributed by atoms with E-state index in [1.807, 2.05) is 54.6 Å². The highest BCUT2D eigenvalue weighted by Gasteiger charge is 2.23. The van der Waals surface area contributed by atoms with Crippen LogP contribution in [0.4, 0.5) is 0 Å². The summed E-state index contributed by atoms with van der Waals surface area (Å²) < 4.78 is 11.4. The fourth-order valence-corrected chi connectivity index (χ4v) is 2.16. The zero-order valence-corrected chi connectivity index (χ0v) is 12.1. The molecule has 0 aliphatic heterocycles. The van der Waals surface area contributed by atoms with Gasteiger partial charge in [0.1, 0.15) is 11.5 Å². The molecule has 110 valence electrons. The summed E-state index contributed by atoms with van der Waals surface area (Å²) in [5.41, 5.74) is 7.32. The van der Waals surface area contributed by atoms with Gasteiger partial charge in [0.15, 0.2) is 0 Å². The Morgan fingerprint density at radius 1 is 0.952 bits per heavy atom. The van der Waals surface area contributed by atoms with Crippen LogP contribution in [0.25, 0.3) is 0 Å². The van der Waals surface area contributed by atoms with Crippen molar-refractivity contribution in [3.63, 3.8) is 0 Å². The highest BCUT2D eigenvalue weighted by Crippen LogP contribution is 2.27. The molecule has 1 aliphatic rings. The van der Waals surface area contributed by atoms with Gasteiger partial charge < -0.3 is 15.2 Å². The van der Waals surface area contributed by atoms with Gasteiger partial charge in [0, 0.05) is 12.5 Å². The fraction of sp³-hybridized carbons (Fsp3) is 0.333. The van der Waals surface area contributed by atoms with Crippen molar-refractivity contribution in [2.75, 3.05) is 6.61 Å². The van der Waals surface area contributed by atoms with E-state index in [1.165, 1.54) is 12.8 Å². The van der Waals surface area contributed by atoms with Crippen molar-refractivity contribution < 1.29 is 9.47 Å². The maximum absolute atomic E-state index is 6.20. The standard InChI is InChI=1S/C18H21NO2/c19-18(12-13-20-15-4-2-1-3-5-15)14-6-8-16(9-7-14)21-17-10-11-17/h1-9,17-18H,10-13,19H2. The quantitative estimate of drug-likeness (QED) is 0.842. The Morgan fingerprint density at radius 2 is 1.67 bits per heavy atom. The van der Waals surface area contributed by atoms with Crippen LogP contribution < -0.4 is 15.2 Å². The molecular formula is C18H21NO2. The second-order valence-electron chi connectivity index (χ2n) is 5.44. The summed E-state index contributed by atoms with van der Waals surface area (Å²) in [4.78, 5) is 0. The molecule has 2 N–H and O–H groups in total. The monoisotopic (exact) mass is 283 g/mol. The van der Waals surface area contributed by atoms with Crippen LogP contribution in [0.5, 0.6) is 11.5 Å². The minimum atomic E-state index is -0.0105. The maximum Gasteiger partial charge on any atom is 0.119 e. The van der Waals surface area contributed by atoms with Gasteiger partial charge in [0.25, 0.3) is 0 Å². The number of hydrogen-bond acceptors (Lipinski definition) is 3. The van der Waals surface area contributed by atoms with Crippen molar-refractivity contribution in [1.29, 1.82) is 0 Å². The average Bonchev–Trinajstić information content (AvgIpc) is 3.33. The summed E-state index contributed by atoms with van der Waals surface area (Å²) >= 11 is 0. The summed E-state index contributed by atoms with van der Waals surface area (Å²) in [6.45, 7) is 0.617. The molecule has 1 fully saturated rings.